The maximum Gasteiger partial charge on any atom is 0.309 e. The van der Waals surface area contributed by atoms with Crippen LogP contribution in [0.5, 0.6) is 0 Å². The molecule has 4 heteroatoms. The summed E-state index contributed by atoms with van der Waals surface area (Å²) >= 11 is 0. The summed E-state index contributed by atoms with van der Waals surface area (Å²) in [5.41, 5.74) is -0.139. The molecule has 0 aromatic carbocycles. The van der Waals surface area contributed by atoms with Crippen LogP contribution in [0.3, 0.4) is 0 Å². The molecule has 15 heavy (non-hydrogen) atoms. The summed E-state index contributed by atoms with van der Waals surface area (Å²) in [6, 6.07) is 0. The van der Waals surface area contributed by atoms with Crippen molar-refractivity contribution in [3.05, 3.63) is 18.2 Å². The zero-order valence-electron chi connectivity index (χ0n) is 17.8. The standard InChI is InChI=1S/C11H16N2O2/c1-3-10-8(6-15-11(10)14)4-9-5-12-7-13(9)2/h5,7-8,10H,3-4,6H2,1-2H3/t8-,10-/m0/s1/i1D3,2D3,6D2,8D,10D. The highest BCUT2D eigenvalue weighted by molar-refractivity contribution is 5.74. The fraction of sp³-hybridized carbons (Fsp3) is 0.636. The van der Waals surface area contributed by atoms with E-state index < -0.39 is 51.0 Å². The van der Waals surface area contributed by atoms with Crippen LogP contribution in [0.4, 0.5) is 0 Å². The number of rotatable bonds is 3. The Balaban J connectivity index is 2.54. The van der Waals surface area contributed by atoms with Gasteiger partial charge in [0.25, 0.3) is 0 Å². The van der Waals surface area contributed by atoms with Crippen LogP contribution in [-0.2, 0) is 22.9 Å². The van der Waals surface area contributed by atoms with Gasteiger partial charge in [-0.2, -0.15) is 0 Å². The number of hydrogen-bond acceptors (Lipinski definition) is 3. The molecule has 1 aliphatic heterocycles. The molecule has 0 saturated carbocycles. The van der Waals surface area contributed by atoms with Crippen molar-refractivity contribution in [2.45, 2.75) is 19.7 Å². The molecule has 2 heterocycles. The number of cyclic esters (lactones) is 1. The minimum absolute atomic E-state index is 0.139. The third-order valence-corrected chi connectivity index (χ3v) is 2.13. The van der Waals surface area contributed by atoms with Gasteiger partial charge in [0.2, 0.25) is 0 Å². The Morgan fingerprint density at radius 3 is 3.67 bits per heavy atom. The van der Waals surface area contributed by atoms with Crippen LogP contribution in [-0.4, -0.2) is 22.1 Å². The molecule has 4 nitrogen and oxygen atoms in total. The molecule has 0 radical (unpaired) electrons. The molecule has 0 amide bonds. The smallest absolute Gasteiger partial charge is 0.309 e. The first-order valence-electron chi connectivity index (χ1n) is 9.29. The Bertz CT molecular complexity index is 681. The molecule has 1 aromatic rings. The summed E-state index contributed by atoms with van der Waals surface area (Å²) in [4.78, 5) is 15.7. The maximum atomic E-state index is 12.1. The van der Waals surface area contributed by atoms with Crippen molar-refractivity contribution < 1.29 is 23.2 Å². The predicted molar refractivity (Wildman–Crippen MR) is 55.1 cm³/mol. The zero-order valence-corrected chi connectivity index (χ0v) is 7.78. The Morgan fingerprint density at radius 1 is 1.93 bits per heavy atom. The van der Waals surface area contributed by atoms with Crippen molar-refractivity contribution >= 4 is 5.97 Å². The molecule has 2 atom stereocenters. The van der Waals surface area contributed by atoms with Gasteiger partial charge in [-0.1, -0.05) is 6.85 Å². The van der Waals surface area contributed by atoms with Gasteiger partial charge < -0.3 is 9.30 Å². The lowest BCUT2D eigenvalue weighted by molar-refractivity contribution is -0.141. The van der Waals surface area contributed by atoms with Crippen molar-refractivity contribution in [1.29, 1.82) is 0 Å². The number of hydrogen-bond donors (Lipinski definition) is 0. The number of carbonyl (C=O) groups excluding carboxylic acids is 1. The molecule has 1 aromatic heterocycles. The van der Waals surface area contributed by atoms with E-state index in [0.717, 1.165) is 12.5 Å². The molecule has 0 bridgehead atoms. The van der Waals surface area contributed by atoms with Crippen LogP contribution in [0.2, 0.25) is 0 Å². The van der Waals surface area contributed by atoms with Crippen LogP contribution < -0.4 is 0 Å². The second-order valence-electron chi connectivity index (χ2n) is 3.06. The van der Waals surface area contributed by atoms with E-state index in [4.69, 9.17) is 13.7 Å². The summed E-state index contributed by atoms with van der Waals surface area (Å²) in [6.07, 6.45) is 0.166. The monoisotopic (exact) mass is 218 g/mol. The Morgan fingerprint density at radius 2 is 2.87 bits per heavy atom. The predicted octanol–water partition coefficient (Wildman–Crippen LogP) is 1.16. The first-order chi connectivity index (χ1) is 11.0. The molecule has 1 saturated heterocycles. The van der Waals surface area contributed by atoms with Crippen molar-refractivity contribution in [3.63, 3.8) is 0 Å². The molecule has 0 aliphatic carbocycles. The lowest BCUT2D eigenvalue weighted by Crippen LogP contribution is -2.18. The van der Waals surface area contributed by atoms with Crippen molar-refractivity contribution in [1.82, 2.24) is 9.55 Å². The normalized spacial score (nSPS) is 50.3. The highest BCUT2D eigenvalue weighted by Crippen LogP contribution is 2.27. The second-order valence-corrected chi connectivity index (χ2v) is 3.06. The van der Waals surface area contributed by atoms with Gasteiger partial charge in [0.1, 0.15) is 0 Å². The van der Waals surface area contributed by atoms with E-state index in [2.05, 4.69) is 9.72 Å². The van der Waals surface area contributed by atoms with Crippen molar-refractivity contribution in [2.75, 3.05) is 6.56 Å². The summed E-state index contributed by atoms with van der Waals surface area (Å²) in [5, 5.41) is 0. The van der Waals surface area contributed by atoms with Crippen LogP contribution in [0.25, 0.3) is 0 Å². The van der Waals surface area contributed by atoms with Gasteiger partial charge in [0, 0.05) is 35.7 Å². The third-order valence-electron chi connectivity index (χ3n) is 2.13. The average molecular weight is 218 g/mol. The van der Waals surface area contributed by atoms with Crippen LogP contribution in [0.15, 0.2) is 12.5 Å². The van der Waals surface area contributed by atoms with E-state index in [9.17, 15) is 4.79 Å². The van der Waals surface area contributed by atoms with Gasteiger partial charge in [-0.3, -0.25) is 4.79 Å². The fourth-order valence-electron chi connectivity index (χ4n) is 1.31. The van der Waals surface area contributed by atoms with E-state index in [1.165, 1.54) is 0 Å². The van der Waals surface area contributed by atoms with Crippen LogP contribution >= 0.6 is 0 Å². The SMILES string of the molecule is [2H]C([2H])([2H])C[C@]1([2H])C(=O)OC([2H])([2H])[C@]1([2H])Cc1cncn1C([2H])([2H])[2H]. The van der Waals surface area contributed by atoms with Gasteiger partial charge in [-0.25, -0.2) is 4.98 Å². The number of esters is 1. The largest absolute Gasteiger partial charge is 0.465 e. The van der Waals surface area contributed by atoms with Gasteiger partial charge in [-0.15, -0.1) is 0 Å². The zero-order chi connectivity index (χ0) is 19.5. The Hall–Kier alpha value is -1.32. The molecule has 0 N–H and O–H groups in total. The van der Waals surface area contributed by atoms with Gasteiger partial charge in [0.15, 0.2) is 0 Å². The summed E-state index contributed by atoms with van der Waals surface area (Å²) < 4.78 is 81.7. The van der Waals surface area contributed by atoms with Crippen molar-refractivity contribution in [2.24, 2.45) is 18.8 Å². The highest BCUT2D eigenvalue weighted by atomic mass is 16.5. The Labute approximate surface area is 103 Å². The summed E-state index contributed by atoms with van der Waals surface area (Å²) in [5.74, 6) is -6.90. The van der Waals surface area contributed by atoms with Crippen LogP contribution in [0, 0.1) is 11.8 Å². The molecule has 0 spiro atoms. The van der Waals surface area contributed by atoms with Gasteiger partial charge in [-0.05, 0) is 12.8 Å². The lowest BCUT2D eigenvalue weighted by Gasteiger charge is -2.12. The minimum atomic E-state index is -2.99. The van der Waals surface area contributed by atoms with E-state index in [1.807, 2.05) is 0 Å². The Kier molecular flexibility index (Phi) is 0.974. The molecule has 0 unspecified atom stereocenters. The molecule has 1 aliphatic rings. The average Bonchev–Trinajstić information content (AvgIpc) is 2.86. The van der Waals surface area contributed by atoms with E-state index in [1.54, 1.807) is 0 Å². The minimum Gasteiger partial charge on any atom is -0.465 e. The van der Waals surface area contributed by atoms with E-state index in [0.29, 0.717) is 4.57 Å². The summed E-state index contributed by atoms with van der Waals surface area (Å²) in [7, 11) is 0. The van der Waals surface area contributed by atoms with Gasteiger partial charge >= 0.3 is 5.97 Å². The first kappa shape index (κ1) is 3.61. The highest BCUT2D eigenvalue weighted by Gasteiger charge is 2.35. The molecular weight excluding hydrogens is 192 g/mol. The topological polar surface area (TPSA) is 44.1 Å². The number of ether oxygens (including phenoxy) is 1. The maximum absolute atomic E-state index is 12.1. The van der Waals surface area contributed by atoms with E-state index >= 15 is 0 Å². The van der Waals surface area contributed by atoms with E-state index in [-0.39, 0.29) is 5.69 Å². The van der Waals surface area contributed by atoms with Crippen LogP contribution in [0.1, 0.15) is 32.7 Å². The number of carbonyl (C=O) groups is 1. The fourth-order valence-corrected chi connectivity index (χ4v) is 1.31. The number of aryl methyl sites for hydroxylation is 1. The number of nitrogens with zero attached hydrogens (tertiary/aromatic N) is 2. The number of imidazole rings is 1. The molecule has 2 rings (SSSR count). The molecular formula is C11H16N2O2. The lowest BCUT2D eigenvalue weighted by atomic mass is 9.89. The molecule has 82 valence electrons. The number of aromatic nitrogens is 2. The van der Waals surface area contributed by atoms with Crippen molar-refractivity contribution in [3.8, 4) is 0 Å². The summed E-state index contributed by atoms with van der Waals surface area (Å²) in [6.45, 7) is -8.45. The first-order valence-corrected chi connectivity index (χ1v) is 4.29. The quantitative estimate of drug-likeness (QED) is 0.715. The van der Waals surface area contributed by atoms with Gasteiger partial charge in [0.05, 0.1) is 21.5 Å². The second kappa shape index (κ2) is 4.04. The third kappa shape index (κ3) is 1.89. The molecule has 1 fully saturated rings.